The molecule has 0 bridgehead atoms. The van der Waals surface area contributed by atoms with Crippen LogP contribution in [0.2, 0.25) is 0 Å². The number of carbonyl (C=O) groups excluding carboxylic acids is 1. The summed E-state index contributed by atoms with van der Waals surface area (Å²) < 4.78 is 38.1. The summed E-state index contributed by atoms with van der Waals surface area (Å²) in [6, 6.07) is 1.20. The van der Waals surface area contributed by atoms with E-state index in [2.05, 4.69) is 5.32 Å². The Labute approximate surface area is 118 Å². The van der Waals surface area contributed by atoms with Crippen LogP contribution in [-0.2, 0) is 11.0 Å². The van der Waals surface area contributed by atoms with Crippen LogP contribution in [0.3, 0.4) is 0 Å². The van der Waals surface area contributed by atoms with Gasteiger partial charge < -0.3 is 16.2 Å². The highest BCUT2D eigenvalue weighted by Crippen LogP contribution is 2.32. The van der Waals surface area contributed by atoms with Crippen molar-refractivity contribution in [2.45, 2.75) is 26.1 Å². The molecule has 0 saturated carbocycles. The molecule has 0 aliphatic heterocycles. The fraction of sp³-hybridized carbons (Fsp3) is 0.385. The predicted molar refractivity (Wildman–Crippen MR) is 69.8 cm³/mol. The normalized spacial score (nSPS) is 13.1. The van der Waals surface area contributed by atoms with Crippen LogP contribution >= 0.6 is 0 Å². The summed E-state index contributed by atoms with van der Waals surface area (Å²) >= 11 is 0. The fourth-order valence-electron chi connectivity index (χ4n) is 1.52. The SMILES string of the molecule is CC(C)C(N)C(=O)Nc1cc(C(=O)O)cc(C(F)(F)F)c1. The summed E-state index contributed by atoms with van der Waals surface area (Å²) in [5.74, 6) is -2.42. The Bertz CT molecular complexity index is 556. The number of carboxylic acids is 1. The zero-order chi connectivity index (χ0) is 16.4. The Balaban J connectivity index is 3.15. The summed E-state index contributed by atoms with van der Waals surface area (Å²) in [4.78, 5) is 22.6. The molecule has 1 rings (SSSR count). The number of hydrogen-bond donors (Lipinski definition) is 3. The van der Waals surface area contributed by atoms with Crippen molar-refractivity contribution in [1.82, 2.24) is 0 Å². The van der Waals surface area contributed by atoms with Crippen LogP contribution < -0.4 is 11.1 Å². The highest BCUT2D eigenvalue weighted by atomic mass is 19.4. The number of hydrogen-bond acceptors (Lipinski definition) is 3. The molecule has 0 saturated heterocycles. The summed E-state index contributed by atoms with van der Waals surface area (Å²) in [6.45, 7) is 3.36. The zero-order valence-electron chi connectivity index (χ0n) is 11.4. The van der Waals surface area contributed by atoms with Gasteiger partial charge >= 0.3 is 12.1 Å². The van der Waals surface area contributed by atoms with E-state index in [1.165, 1.54) is 0 Å². The molecular formula is C13H15F3N2O3. The van der Waals surface area contributed by atoms with Crippen molar-refractivity contribution in [3.8, 4) is 0 Å². The van der Waals surface area contributed by atoms with Crippen molar-refractivity contribution in [3.05, 3.63) is 29.3 Å². The Morgan fingerprint density at radius 1 is 1.24 bits per heavy atom. The van der Waals surface area contributed by atoms with Gasteiger partial charge in [0.2, 0.25) is 5.91 Å². The van der Waals surface area contributed by atoms with Crippen LogP contribution in [0.15, 0.2) is 18.2 Å². The summed E-state index contributed by atoms with van der Waals surface area (Å²) in [6.07, 6.45) is -4.72. The van der Waals surface area contributed by atoms with Crippen molar-refractivity contribution in [1.29, 1.82) is 0 Å². The predicted octanol–water partition coefficient (Wildman–Crippen LogP) is 2.33. The quantitative estimate of drug-likeness (QED) is 0.796. The van der Waals surface area contributed by atoms with Crippen LogP contribution in [0.25, 0.3) is 0 Å². The van der Waals surface area contributed by atoms with Gasteiger partial charge in [-0.25, -0.2) is 4.79 Å². The van der Waals surface area contributed by atoms with Gasteiger partial charge in [-0.1, -0.05) is 13.8 Å². The molecule has 0 aromatic heterocycles. The van der Waals surface area contributed by atoms with Crippen LogP contribution in [-0.4, -0.2) is 23.0 Å². The lowest BCUT2D eigenvalue weighted by Gasteiger charge is -2.16. The zero-order valence-corrected chi connectivity index (χ0v) is 11.4. The molecular weight excluding hydrogens is 289 g/mol. The standard InChI is InChI=1S/C13H15F3N2O3/c1-6(2)10(17)11(19)18-9-4-7(12(20)21)3-8(5-9)13(14,15)16/h3-6,10H,17H2,1-2H3,(H,18,19)(H,20,21). The molecule has 21 heavy (non-hydrogen) atoms. The number of rotatable bonds is 4. The lowest BCUT2D eigenvalue weighted by atomic mass is 10.0. The summed E-state index contributed by atoms with van der Waals surface area (Å²) in [5, 5.41) is 11.0. The van der Waals surface area contributed by atoms with E-state index in [9.17, 15) is 22.8 Å². The Kier molecular flexibility index (Phi) is 4.95. The van der Waals surface area contributed by atoms with Crippen molar-refractivity contribution in [2.75, 3.05) is 5.32 Å². The van der Waals surface area contributed by atoms with Gasteiger partial charge in [0.15, 0.2) is 0 Å². The molecule has 8 heteroatoms. The van der Waals surface area contributed by atoms with Crippen LogP contribution in [0.4, 0.5) is 18.9 Å². The smallest absolute Gasteiger partial charge is 0.416 e. The molecule has 0 fully saturated rings. The third kappa shape index (κ3) is 4.45. The second-order valence-corrected chi connectivity index (χ2v) is 4.86. The first-order chi connectivity index (χ1) is 9.52. The van der Waals surface area contributed by atoms with Crippen molar-refractivity contribution < 1.29 is 27.9 Å². The molecule has 0 spiro atoms. The third-order valence-electron chi connectivity index (χ3n) is 2.80. The molecule has 1 amide bonds. The molecule has 1 aromatic rings. The number of nitrogens with one attached hydrogen (secondary N) is 1. The first-order valence-electron chi connectivity index (χ1n) is 6.04. The minimum Gasteiger partial charge on any atom is -0.478 e. The van der Waals surface area contributed by atoms with Crippen molar-refractivity contribution in [2.24, 2.45) is 11.7 Å². The van der Waals surface area contributed by atoms with Crippen LogP contribution in [0.1, 0.15) is 29.8 Å². The summed E-state index contributed by atoms with van der Waals surface area (Å²) in [7, 11) is 0. The number of carbonyl (C=O) groups is 2. The van der Waals surface area contributed by atoms with E-state index in [1.54, 1.807) is 13.8 Å². The molecule has 0 aliphatic carbocycles. The maximum atomic E-state index is 12.7. The van der Waals surface area contributed by atoms with Gasteiger partial charge in [-0.15, -0.1) is 0 Å². The fourth-order valence-corrected chi connectivity index (χ4v) is 1.52. The number of aromatic carboxylic acids is 1. The maximum absolute atomic E-state index is 12.7. The van der Waals surface area contributed by atoms with E-state index in [-0.39, 0.29) is 11.6 Å². The molecule has 1 aromatic carbocycles. The average molecular weight is 304 g/mol. The monoisotopic (exact) mass is 304 g/mol. The lowest BCUT2D eigenvalue weighted by Crippen LogP contribution is -2.39. The van der Waals surface area contributed by atoms with E-state index in [4.69, 9.17) is 10.8 Å². The van der Waals surface area contributed by atoms with Gasteiger partial charge in [0.05, 0.1) is 17.2 Å². The van der Waals surface area contributed by atoms with Crippen LogP contribution in [0, 0.1) is 5.92 Å². The number of amides is 1. The summed E-state index contributed by atoms with van der Waals surface area (Å²) in [5.41, 5.74) is 3.59. The molecule has 1 unspecified atom stereocenters. The first kappa shape index (κ1) is 17.0. The number of anilines is 1. The number of nitrogens with two attached hydrogens (primary N) is 1. The Morgan fingerprint density at radius 3 is 2.24 bits per heavy atom. The second-order valence-electron chi connectivity index (χ2n) is 4.86. The molecule has 116 valence electrons. The molecule has 1 atom stereocenters. The van der Waals surface area contributed by atoms with Gasteiger partial charge in [-0.3, -0.25) is 4.79 Å². The van der Waals surface area contributed by atoms with E-state index >= 15 is 0 Å². The Morgan fingerprint density at radius 2 is 1.81 bits per heavy atom. The maximum Gasteiger partial charge on any atom is 0.416 e. The van der Waals surface area contributed by atoms with Gasteiger partial charge in [-0.05, 0) is 24.1 Å². The highest BCUT2D eigenvalue weighted by molar-refractivity contribution is 5.96. The number of benzene rings is 1. The topological polar surface area (TPSA) is 92.4 Å². The molecule has 0 heterocycles. The third-order valence-corrected chi connectivity index (χ3v) is 2.80. The van der Waals surface area contributed by atoms with Gasteiger partial charge in [0, 0.05) is 5.69 Å². The number of carboxylic acid groups (broad SMARTS) is 1. The first-order valence-corrected chi connectivity index (χ1v) is 6.04. The van der Waals surface area contributed by atoms with Crippen molar-refractivity contribution in [3.63, 3.8) is 0 Å². The number of alkyl halides is 3. The molecule has 0 aliphatic rings. The van der Waals surface area contributed by atoms with E-state index in [0.717, 1.165) is 6.07 Å². The van der Waals surface area contributed by atoms with E-state index < -0.39 is 35.2 Å². The minimum atomic E-state index is -4.72. The highest BCUT2D eigenvalue weighted by Gasteiger charge is 2.32. The van der Waals surface area contributed by atoms with Gasteiger partial charge in [0.25, 0.3) is 0 Å². The van der Waals surface area contributed by atoms with E-state index in [1.807, 2.05) is 0 Å². The molecule has 4 N–H and O–H groups in total. The number of halogens is 3. The van der Waals surface area contributed by atoms with Crippen molar-refractivity contribution >= 4 is 17.6 Å². The lowest BCUT2D eigenvalue weighted by molar-refractivity contribution is -0.137. The minimum absolute atomic E-state index is 0.213. The average Bonchev–Trinajstić information content (AvgIpc) is 2.36. The molecule has 5 nitrogen and oxygen atoms in total. The Hall–Kier alpha value is -2.09. The van der Waals surface area contributed by atoms with Gasteiger partial charge in [0.1, 0.15) is 0 Å². The van der Waals surface area contributed by atoms with E-state index in [0.29, 0.717) is 12.1 Å². The second kappa shape index (κ2) is 6.13. The van der Waals surface area contributed by atoms with Crippen LogP contribution in [0.5, 0.6) is 0 Å². The van der Waals surface area contributed by atoms with Gasteiger partial charge in [-0.2, -0.15) is 13.2 Å². The molecule has 0 radical (unpaired) electrons. The largest absolute Gasteiger partial charge is 0.478 e.